The van der Waals surface area contributed by atoms with E-state index in [4.69, 9.17) is 4.74 Å². The Morgan fingerprint density at radius 2 is 2.00 bits per heavy atom. The number of anilines is 1. The molecule has 2 aliphatic rings. The van der Waals surface area contributed by atoms with E-state index in [0.717, 1.165) is 43.5 Å². The average Bonchev–Trinajstić information content (AvgIpc) is 3.15. The summed E-state index contributed by atoms with van der Waals surface area (Å²) in [4.78, 5) is 24.3. The number of carbonyl (C=O) groups is 2. The van der Waals surface area contributed by atoms with E-state index in [1.807, 2.05) is 24.3 Å². The highest BCUT2D eigenvalue weighted by atomic mass is 35.5. The molecule has 1 aliphatic heterocycles. The van der Waals surface area contributed by atoms with Gasteiger partial charge in [0.15, 0.2) is 0 Å². The second-order valence-electron chi connectivity index (χ2n) is 6.45. The molecule has 2 amide bonds. The fourth-order valence-corrected chi connectivity index (χ4v) is 3.23. The summed E-state index contributed by atoms with van der Waals surface area (Å²) < 4.78 is 5.43. The van der Waals surface area contributed by atoms with E-state index in [-0.39, 0.29) is 30.1 Å². The maximum absolute atomic E-state index is 12.2. The molecule has 1 atom stereocenters. The summed E-state index contributed by atoms with van der Waals surface area (Å²) in [5, 5.41) is 9.01. The number of ether oxygens (including phenoxy) is 1. The third-order valence-corrected chi connectivity index (χ3v) is 4.61. The van der Waals surface area contributed by atoms with Crippen LogP contribution in [0.25, 0.3) is 0 Å². The topological polar surface area (TPSA) is 79.5 Å². The number of halogens is 1. The van der Waals surface area contributed by atoms with Crippen LogP contribution in [0.1, 0.15) is 31.2 Å². The molecule has 1 heterocycles. The van der Waals surface area contributed by atoms with Crippen LogP contribution in [0.4, 0.5) is 5.69 Å². The van der Waals surface area contributed by atoms with Crippen molar-refractivity contribution in [2.75, 3.05) is 25.0 Å². The predicted octanol–water partition coefficient (Wildman–Crippen LogP) is 1.84. The Bertz CT molecular complexity index is 585. The number of hydrogen-bond acceptors (Lipinski definition) is 4. The van der Waals surface area contributed by atoms with Crippen molar-refractivity contribution < 1.29 is 14.3 Å². The van der Waals surface area contributed by atoms with Gasteiger partial charge in [-0.15, -0.1) is 12.4 Å². The summed E-state index contributed by atoms with van der Waals surface area (Å²) >= 11 is 0. The van der Waals surface area contributed by atoms with Crippen LogP contribution in [0.5, 0.6) is 0 Å². The van der Waals surface area contributed by atoms with Gasteiger partial charge in [0.1, 0.15) is 6.10 Å². The van der Waals surface area contributed by atoms with Gasteiger partial charge in [0.25, 0.3) is 5.91 Å². The highest BCUT2D eigenvalue weighted by Gasteiger charge is 2.23. The summed E-state index contributed by atoms with van der Waals surface area (Å²) in [7, 11) is 0. The molecule has 0 aromatic heterocycles. The van der Waals surface area contributed by atoms with Crippen molar-refractivity contribution in [1.29, 1.82) is 0 Å². The highest BCUT2D eigenvalue weighted by molar-refractivity contribution is 5.92. The maximum atomic E-state index is 12.2. The minimum absolute atomic E-state index is 0. The van der Waals surface area contributed by atoms with Gasteiger partial charge in [0, 0.05) is 31.2 Å². The molecule has 3 rings (SSSR count). The second-order valence-corrected chi connectivity index (χ2v) is 6.45. The summed E-state index contributed by atoms with van der Waals surface area (Å²) in [6, 6.07) is 7.62. The van der Waals surface area contributed by atoms with Gasteiger partial charge in [-0.05, 0) is 30.5 Å². The van der Waals surface area contributed by atoms with Crippen LogP contribution in [0, 0.1) is 5.92 Å². The van der Waals surface area contributed by atoms with E-state index in [1.165, 1.54) is 0 Å². The first-order chi connectivity index (χ1) is 11.7. The molecule has 1 aromatic carbocycles. The smallest absolute Gasteiger partial charge is 0.250 e. The van der Waals surface area contributed by atoms with Gasteiger partial charge in [-0.1, -0.05) is 25.0 Å². The third kappa shape index (κ3) is 5.70. The van der Waals surface area contributed by atoms with Crippen LogP contribution in [0.2, 0.25) is 0 Å². The molecule has 138 valence electrons. The summed E-state index contributed by atoms with van der Waals surface area (Å²) in [6.07, 6.45) is 3.82. The predicted molar refractivity (Wildman–Crippen MR) is 98.7 cm³/mol. The normalized spacial score (nSPS) is 20.6. The lowest BCUT2D eigenvalue weighted by Crippen LogP contribution is -2.47. The molecule has 7 heteroatoms. The lowest BCUT2D eigenvalue weighted by molar-refractivity contribution is -0.134. The van der Waals surface area contributed by atoms with E-state index in [1.54, 1.807) is 0 Å². The monoisotopic (exact) mass is 367 g/mol. The standard InChI is InChI=1S/C18H25N3O3.ClH/c22-17(14-5-1-2-6-14)21-15-7-3-4-13(10-15)11-20-18(23)16-12-19-8-9-24-16;/h3-4,7,10,14,16,19H,1-2,5-6,8-9,11-12H2,(H,20,23)(H,21,22);1H. The quantitative estimate of drug-likeness (QED) is 0.742. The minimum atomic E-state index is -0.427. The second kappa shape index (κ2) is 9.75. The highest BCUT2D eigenvalue weighted by Crippen LogP contribution is 2.26. The molecule has 0 spiro atoms. The molecule has 1 saturated carbocycles. The first kappa shape index (κ1) is 19.7. The number of hydrogen-bond donors (Lipinski definition) is 3. The molecule has 6 nitrogen and oxygen atoms in total. The SMILES string of the molecule is Cl.O=C(Nc1cccc(CNC(=O)C2CNCCO2)c1)C1CCCC1. The van der Waals surface area contributed by atoms with Gasteiger partial charge in [0.2, 0.25) is 5.91 Å². The van der Waals surface area contributed by atoms with E-state index >= 15 is 0 Å². The van der Waals surface area contributed by atoms with Gasteiger partial charge >= 0.3 is 0 Å². The Labute approximate surface area is 154 Å². The third-order valence-electron chi connectivity index (χ3n) is 4.61. The number of carbonyl (C=O) groups excluding carboxylic acids is 2. The van der Waals surface area contributed by atoms with Crippen molar-refractivity contribution in [3.63, 3.8) is 0 Å². The molecule has 2 fully saturated rings. The van der Waals surface area contributed by atoms with Crippen molar-refractivity contribution in [2.24, 2.45) is 5.92 Å². The van der Waals surface area contributed by atoms with Gasteiger partial charge in [0.05, 0.1) is 6.61 Å². The lowest BCUT2D eigenvalue weighted by atomic mass is 10.1. The molecule has 0 radical (unpaired) electrons. The van der Waals surface area contributed by atoms with Crippen LogP contribution in [-0.2, 0) is 20.9 Å². The molecule has 25 heavy (non-hydrogen) atoms. The minimum Gasteiger partial charge on any atom is -0.366 e. The Morgan fingerprint density at radius 3 is 2.72 bits per heavy atom. The van der Waals surface area contributed by atoms with E-state index in [9.17, 15) is 9.59 Å². The van der Waals surface area contributed by atoms with Crippen LogP contribution in [0.3, 0.4) is 0 Å². The van der Waals surface area contributed by atoms with Gasteiger partial charge in [-0.25, -0.2) is 0 Å². The van der Waals surface area contributed by atoms with Crippen LogP contribution < -0.4 is 16.0 Å². The Hall–Kier alpha value is -1.63. The molecule has 1 aliphatic carbocycles. The molecule has 3 N–H and O–H groups in total. The summed E-state index contributed by atoms with van der Waals surface area (Å²) in [5.74, 6) is 0.141. The molecule has 0 bridgehead atoms. The first-order valence-corrected chi connectivity index (χ1v) is 8.72. The number of morpholine rings is 1. The van der Waals surface area contributed by atoms with Crippen LogP contribution in [0.15, 0.2) is 24.3 Å². The first-order valence-electron chi connectivity index (χ1n) is 8.72. The van der Waals surface area contributed by atoms with Gasteiger partial charge in [-0.3, -0.25) is 9.59 Å². The average molecular weight is 368 g/mol. The van der Waals surface area contributed by atoms with Crippen molar-refractivity contribution in [3.8, 4) is 0 Å². The van der Waals surface area contributed by atoms with Crippen molar-refractivity contribution in [3.05, 3.63) is 29.8 Å². The number of amides is 2. The zero-order valence-corrected chi connectivity index (χ0v) is 15.1. The lowest BCUT2D eigenvalue weighted by Gasteiger charge is -2.22. The van der Waals surface area contributed by atoms with Crippen molar-refractivity contribution in [2.45, 2.75) is 38.3 Å². The van der Waals surface area contributed by atoms with E-state index in [2.05, 4.69) is 16.0 Å². The summed E-state index contributed by atoms with van der Waals surface area (Å²) in [5.41, 5.74) is 1.74. The number of rotatable bonds is 5. The van der Waals surface area contributed by atoms with Crippen molar-refractivity contribution >= 4 is 29.9 Å². The maximum Gasteiger partial charge on any atom is 0.250 e. The van der Waals surface area contributed by atoms with E-state index < -0.39 is 6.10 Å². The zero-order valence-electron chi connectivity index (χ0n) is 14.3. The molecular weight excluding hydrogens is 342 g/mol. The molecule has 1 unspecified atom stereocenters. The number of nitrogens with one attached hydrogen (secondary N) is 3. The Balaban J connectivity index is 0.00000225. The fourth-order valence-electron chi connectivity index (χ4n) is 3.23. The zero-order chi connectivity index (χ0) is 16.8. The molecule has 1 saturated heterocycles. The van der Waals surface area contributed by atoms with Gasteiger partial charge in [-0.2, -0.15) is 0 Å². The van der Waals surface area contributed by atoms with Crippen molar-refractivity contribution in [1.82, 2.24) is 10.6 Å². The number of benzene rings is 1. The Kier molecular flexibility index (Phi) is 7.68. The fraction of sp³-hybridized carbons (Fsp3) is 0.556. The van der Waals surface area contributed by atoms with E-state index in [0.29, 0.717) is 19.7 Å². The largest absolute Gasteiger partial charge is 0.366 e. The van der Waals surface area contributed by atoms with Gasteiger partial charge < -0.3 is 20.7 Å². The molecular formula is C18H26ClN3O3. The van der Waals surface area contributed by atoms with Crippen LogP contribution >= 0.6 is 12.4 Å². The summed E-state index contributed by atoms with van der Waals surface area (Å²) in [6.45, 7) is 2.31. The molecule has 1 aromatic rings. The van der Waals surface area contributed by atoms with Crippen LogP contribution in [-0.4, -0.2) is 37.6 Å². The Morgan fingerprint density at radius 1 is 1.20 bits per heavy atom.